The molecule has 2 heterocycles. The predicted octanol–water partition coefficient (Wildman–Crippen LogP) is 2.22. The van der Waals surface area contributed by atoms with Gasteiger partial charge in [0.05, 0.1) is 0 Å². The van der Waals surface area contributed by atoms with E-state index < -0.39 is 30.0 Å². The summed E-state index contributed by atoms with van der Waals surface area (Å²) in [7, 11) is 0. The van der Waals surface area contributed by atoms with Gasteiger partial charge in [0.1, 0.15) is 12.0 Å². The van der Waals surface area contributed by atoms with Crippen LogP contribution in [0.3, 0.4) is 0 Å². The van der Waals surface area contributed by atoms with E-state index >= 15 is 0 Å². The molecule has 3 rings (SSSR count). The number of nitrogens with one attached hydrogen (secondary N) is 2. The predicted molar refractivity (Wildman–Crippen MR) is 103 cm³/mol. The maximum Gasteiger partial charge on any atom is 0.408 e. The molecule has 6 nitrogen and oxygen atoms in total. The SMILES string of the molecule is CCN1CCN(Cc2ccc(NC(=O)C3CCC(C(F)(F)F)NC3=O)cc2)CC1. The van der Waals surface area contributed by atoms with Gasteiger partial charge in [0.25, 0.3) is 0 Å². The molecule has 9 heteroatoms. The largest absolute Gasteiger partial charge is 0.408 e. The van der Waals surface area contributed by atoms with Crippen LogP contribution in [-0.4, -0.2) is 66.6 Å². The van der Waals surface area contributed by atoms with Gasteiger partial charge in [-0.3, -0.25) is 14.5 Å². The molecular formula is C20H27F3N4O2. The number of carbonyl (C=O) groups excluding carboxylic acids is 2. The van der Waals surface area contributed by atoms with Gasteiger partial charge in [-0.25, -0.2) is 0 Å². The van der Waals surface area contributed by atoms with E-state index in [0.717, 1.165) is 44.8 Å². The molecule has 0 spiro atoms. The molecule has 2 unspecified atom stereocenters. The number of hydrogen-bond donors (Lipinski definition) is 2. The molecule has 2 amide bonds. The van der Waals surface area contributed by atoms with Gasteiger partial charge in [0.15, 0.2) is 0 Å². The summed E-state index contributed by atoms with van der Waals surface area (Å²) in [5.41, 5.74) is 1.65. The zero-order valence-electron chi connectivity index (χ0n) is 16.5. The van der Waals surface area contributed by atoms with Crippen molar-refractivity contribution in [3.05, 3.63) is 29.8 Å². The fraction of sp³-hybridized carbons (Fsp3) is 0.600. The highest BCUT2D eigenvalue weighted by Crippen LogP contribution is 2.29. The van der Waals surface area contributed by atoms with Gasteiger partial charge in [0.2, 0.25) is 11.8 Å². The molecule has 0 radical (unpaired) electrons. The third kappa shape index (κ3) is 5.70. The molecule has 0 aliphatic carbocycles. The molecule has 0 bridgehead atoms. The van der Waals surface area contributed by atoms with E-state index in [9.17, 15) is 22.8 Å². The van der Waals surface area contributed by atoms with Crippen LogP contribution in [0.2, 0.25) is 0 Å². The van der Waals surface area contributed by atoms with Crippen LogP contribution in [0.4, 0.5) is 18.9 Å². The van der Waals surface area contributed by atoms with Gasteiger partial charge < -0.3 is 15.5 Å². The monoisotopic (exact) mass is 412 g/mol. The summed E-state index contributed by atoms with van der Waals surface area (Å²) in [6, 6.07) is 5.48. The summed E-state index contributed by atoms with van der Waals surface area (Å²) in [6.45, 7) is 8.21. The lowest BCUT2D eigenvalue weighted by Gasteiger charge is -2.34. The minimum absolute atomic E-state index is 0.121. The molecule has 1 aromatic rings. The second-order valence-electron chi connectivity index (χ2n) is 7.63. The number of halogens is 3. The van der Waals surface area contributed by atoms with Gasteiger partial charge in [-0.2, -0.15) is 13.2 Å². The molecule has 2 fully saturated rings. The maximum absolute atomic E-state index is 12.7. The van der Waals surface area contributed by atoms with Crippen molar-refractivity contribution in [3.63, 3.8) is 0 Å². The molecular weight excluding hydrogens is 385 g/mol. The van der Waals surface area contributed by atoms with Gasteiger partial charge in [-0.05, 0) is 37.1 Å². The lowest BCUT2D eigenvalue weighted by Crippen LogP contribution is -2.53. The standard InChI is InChI=1S/C20H27F3N4O2/c1-2-26-9-11-27(12-10-26)13-14-3-5-15(6-4-14)24-18(28)16-7-8-17(20(21,22)23)25-19(16)29/h3-6,16-17H,2,7-13H2,1H3,(H,24,28)(H,25,29). The number of rotatable bonds is 5. The number of anilines is 1. The number of benzene rings is 1. The topological polar surface area (TPSA) is 64.7 Å². The molecule has 2 N–H and O–H groups in total. The van der Waals surface area contributed by atoms with E-state index in [1.807, 2.05) is 17.4 Å². The highest BCUT2D eigenvalue weighted by Gasteiger charge is 2.45. The highest BCUT2D eigenvalue weighted by atomic mass is 19.4. The van der Waals surface area contributed by atoms with Crippen molar-refractivity contribution < 1.29 is 22.8 Å². The average molecular weight is 412 g/mol. The molecule has 160 valence electrons. The number of alkyl halides is 3. The van der Waals surface area contributed by atoms with E-state index in [4.69, 9.17) is 0 Å². The molecule has 0 saturated carbocycles. The zero-order valence-corrected chi connectivity index (χ0v) is 16.5. The smallest absolute Gasteiger partial charge is 0.344 e. The maximum atomic E-state index is 12.7. The van der Waals surface area contributed by atoms with Crippen molar-refractivity contribution in [1.82, 2.24) is 15.1 Å². The summed E-state index contributed by atoms with van der Waals surface area (Å²) in [5, 5.41) is 4.54. The lowest BCUT2D eigenvalue weighted by molar-refractivity contribution is -0.170. The van der Waals surface area contributed by atoms with Gasteiger partial charge in [-0.1, -0.05) is 19.1 Å². The van der Waals surface area contributed by atoms with E-state index in [1.54, 1.807) is 12.1 Å². The number of likely N-dealkylation sites (N-methyl/N-ethyl adjacent to an activating group) is 1. The fourth-order valence-corrected chi connectivity index (χ4v) is 3.75. The minimum Gasteiger partial charge on any atom is -0.344 e. The Bertz CT molecular complexity index is 715. The quantitative estimate of drug-likeness (QED) is 0.728. The molecule has 2 saturated heterocycles. The number of amides is 2. The Morgan fingerprint density at radius 3 is 2.28 bits per heavy atom. The van der Waals surface area contributed by atoms with Crippen LogP contribution in [0.15, 0.2) is 24.3 Å². The number of piperidine rings is 1. The van der Waals surface area contributed by atoms with Crippen LogP contribution < -0.4 is 10.6 Å². The number of carbonyl (C=O) groups is 2. The van der Waals surface area contributed by atoms with E-state index in [1.165, 1.54) is 0 Å². The van der Waals surface area contributed by atoms with E-state index in [-0.39, 0.29) is 12.8 Å². The highest BCUT2D eigenvalue weighted by molar-refractivity contribution is 6.06. The molecule has 2 aliphatic heterocycles. The van der Waals surface area contributed by atoms with Crippen LogP contribution in [-0.2, 0) is 16.1 Å². The van der Waals surface area contributed by atoms with Gasteiger partial charge in [0, 0.05) is 38.4 Å². The third-order valence-corrected chi connectivity index (χ3v) is 5.63. The van der Waals surface area contributed by atoms with Crippen LogP contribution in [0.5, 0.6) is 0 Å². The van der Waals surface area contributed by atoms with Crippen molar-refractivity contribution in [2.45, 2.75) is 38.5 Å². The molecule has 0 aromatic heterocycles. The van der Waals surface area contributed by atoms with Crippen molar-refractivity contribution >= 4 is 17.5 Å². The van der Waals surface area contributed by atoms with Crippen molar-refractivity contribution in [2.24, 2.45) is 5.92 Å². The van der Waals surface area contributed by atoms with E-state index in [2.05, 4.69) is 22.0 Å². The first kappa shape index (κ1) is 21.6. The van der Waals surface area contributed by atoms with E-state index in [0.29, 0.717) is 5.69 Å². The van der Waals surface area contributed by atoms with Crippen molar-refractivity contribution in [3.8, 4) is 0 Å². The second kappa shape index (κ2) is 9.13. The second-order valence-corrected chi connectivity index (χ2v) is 7.63. The Labute approximate surface area is 168 Å². The number of nitrogens with zero attached hydrogens (tertiary/aromatic N) is 2. The third-order valence-electron chi connectivity index (χ3n) is 5.63. The first-order valence-corrected chi connectivity index (χ1v) is 9.98. The zero-order chi connectivity index (χ0) is 21.0. The normalized spacial score (nSPS) is 24.2. The lowest BCUT2D eigenvalue weighted by atomic mass is 9.92. The van der Waals surface area contributed by atoms with Gasteiger partial charge >= 0.3 is 6.18 Å². The summed E-state index contributed by atoms with van der Waals surface area (Å²) >= 11 is 0. The number of hydrogen-bond acceptors (Lipinski definition) is 4. The summed E-state index contributed by atoms with van der Waals surface area (Å²) in [6.07, 6.45) is -4.91. The van der Waals surface area contributed by atoms with Crippen LogP contribution in [0.1, 0.15) is 25.3 Å². The van der Waals surface area contributed by atoms with Crippen molar-refractivity contribution in [1.29, 1.82) is 0 Å². The Hall–Kier alpha value is -2.13. The van der Waals surface area contributed by atoms with Crippen LogP contribution in [0, 0.1) is 5.92 Å². The first-order chi connectivity index (χ1) is 13.8. The minimum atomic E-state index is -4.49. The molecule has 2 aliphatic rings. The Morgan fingerprint density at radius 1 is 1.10 bits per heavy atom. The Kier molecular flexibility index (Phi) is 6.79. The Morgan fingerprint density at radius 2 is 1.72 bits per heavy atom. The van der Waals surface area contributed by atoms with Crippen LogP contribution >= 0.6 is 0 Å². The fourth-order valence-electron chi connectivity index (χ4n) is 3.75. The Balaban J connectivity index is 1.49. The van der Waals surface area contributed by atoms with Crippen LogP contribution in [0.25, 0.3) is 0 Å². The number of piperazine rings is 1. The first-order valence-electron chi connectivity index (χ1n) is 9.98. The molecule has 29 heavy (non-hydrogen) atoms. The summed E-state index contributed by atoms with van der Waals surface area (Å²) < 4.78 is 38.1. The van der Waals surface area contributed by atoms with Gasteiger partial charge in [-0.15, -0.1) is 0 Å². The average Bonchev–Trinajstić information content (AvgIpc) is 2.69. The summed E-state index contributed by atoms with van der Waals surface area (Å²) in [5.74, 6) is -2.56. The molecule has 2 atom stereocenters. The molecule has 1 aromatic carbocycles. The summed E-state index contributed by atoms with van der Waals surface area (Å²) in [4.78, 5) is 29.0. The van der Waals surface area contributed by atoms with Crippen molar-refractivity contribution in [2.75, 3.05) is 38.0 Å².